The fourth-order valence-corrected chi connectivity index (χ4v) is 0. The Balaban J connectivity index is -0.0000000200. The van der Waals surface area contributed by atoms with Crippen molar-refractivity contribution in [1.29, 1.82) is 0 Å². The van der Waals surface area contributed by atoms with Crippen molar-refractivity contribution in [2.24, 2.45) is 0 Å². The minimum absolute atomic E-state index is 0. The van der Waals surface area contributed by atoms with Gasteiger partial charge in [-0.15, -0.1) is 0 Å². The number of hydrogen-bond donors (Lipinski definition) is 0. The Morgan fingerprint density at radius 3 is 1.60 bits per heavy atom. The van der Waals surface area contributed by atoms with Crippen LogP contribution in [0.3, 0.4) is 0 Å². The van der Waals surface area contributed by atoms with Crippen molar-refractivity contribution in [3.63, 3.8) is 0 Å². The van der Waals surface area contributed by atoms with Gasteiger partial charge in [0.15, 0.2) is 0 Å². The van der Waals surface area contributed by atoms with Gasteiger partial charge in [0.25, 0.3) is 0 Å². The Bertz CT molecular complexity index is 14.4. The van der Waals surface area contributed by atoms with Gasteiger partial charge in [0.2, 0.25) is 0 Å². The van der Waals surface area contributed by atoms with Gasteiger partial charge in [0, 0.05) is 0 Å². The average molecular weight is 109 g/mol. The van der Waals surface area contributed by atoms with E-state index >= 15 is 0 Å². The SMILES string of the molecule is [CH2-]C=O.[CH3-].[V+2]. The van der Waals surface area contributed by atoms with Crippen LogP contribution in [-0.4, -0.2) is 6.29 Å². The van der Waals surface area contributed by atoms with Crippen molar-refractivity contribution in [1.82, 2.24) is 0 Å². The Kier molecular flexibility index (Phi) is 123. The molecule has 0 unspecified atom stereocenters. The number of rotatable bonds is 0. The molecule has 29 valence electrons. The molecule has 0 aromatic heterocycles. The van der Waals surface area contributed by atoms with Crippen LogP contribution >= 0.6 is 0 Å². The molecule has 0 spiro atoms. The summed E-state index contributed by atoms with van der Waals surface area (Å²) in [5.74, 6) is 0. The van der Waals surface area contributed by atoms with E-state index in [0.717, 1.165) is 0 Å². The van der Waals surface area contributed by atoms with E-state index in [4.69, 9.17) is 4.79 Å². The molecular formula is C3H6OV. The van der Waals surface area contributed by atoms with Gasteiger partial charge in [0.05, 0.1) is 0 Å². The van der Waals surface area contributed by atoms with E-state index in [0.29, 0.717) is 6.29 Å². The van der Waals surface area contributed by atoms with Crippen LogP contribution in [0.1, 0.15) is 0 Å². The number of carbonyl (C=O) groups is 1. The summed E-state index contributed by atoms with van der Waals surface area (Å²) >= 11 is 0. The fraction of sp³-hybridized carbons (Fsp3) is 0. The number of hydrogen-bond acceptors (Lipinski definition) is 1. The number of aldehydes is 1. The van der Waals surface area contributed by atoms with Gasteiger partial charge in [-0.25, -0.2) is 0 Å². The first-order valence-electron chi connectivity index (χ1n) is 0.644. The number of carbonyl (C=O) groups excluding carboxylic acids is 1. The molecule has 0 heterocycles. The second-order valence-corrected chi connectivity index (χ2v) is 0.167. The van der Waals surface area contributed by atoms with Crippen LogP contribution in [0, 0.1) is 14.4 Å². The summed E-state index contributed by atoms with van der Waals surface area (Å²) in [6, 6.07) is 0. The molecule has 2 heteroatoms. The third-order valence-electron chi connectivity index (χ3n) is 0. The molecule has 0 aromatic rings. The predicted octanol–water partition coefficient (Wildman–Crippen LogP) is 0.467. The van der Waals surface area contributed by atoms with Crippen LogP contribution in [0.15, 0.2) is 0 Å². The van der Waals surface area contributed by atoms with E-state index in [-0.39, 0.29) is 26.0 Å². The van der Waals surface area contributed by atoms with E-state index in [1.54, 1.807) is 0 Å². The van der Waals surface area contributed by atoms with E-state index in [1.165, 1.54) is 0 Å². The first-order chi connectivity index (χ1) is 1.41. The van der Waals surface area contributed by atoms with E-state index in [2.05, 4.69) is 6.92 Å². The minimum Gasteiger partial charge on any atom is -0.358 e. The summed E-state index contributed by atoms with van der Waals surface area (Å²) in [7, 11) is 0. The fourth-order valence-electron chi connectivity index (χ4n) is 0. The smallest absolute Gasteiger partial charge is 0.358 e. The maximum Gasteiger partial charge on any atom is 2.00 e. The molecule has 0 fully saturated rings. The third kappa shape index (κ3) is 1200. The molecule has 0 saturated carbocycles. The van der Waals surface area contributed by atoms with Crippen LogP contribution in [0.5, 0.6) is 0 Å². The van der Waals surface area contributed by atoms with Gasteiger partial charge in [-0.1, -0.05) is 0 Å². The molecular weight excluding hydrogens is 103 g/mol. The van der Waals surface area contributed by atoms with E-state index in [9.17, 15) is 0 Å². The molecule has 0 bridgehead atoms. The Hall–Kier alpha value is 0.124. The Morgan fingerprint density at radius 2 is 1.60 bits per heavy atom. The van der Waals surface area contributed by atoms with Gasteiger partial charge in [0.1, 0.15) is 0 Å². The van der Waals surface area contributed by atoms with Crippen molar-refractivity contribution in [3.05, 3.63) is 14.4 Å². The second kappa shape index (κ2) is 31.8. The molecule has 1 radical (unpaired) electrons. The predicted molar refractivity (Wildman–Crippen MR) is 17.8 cm³/mol. The van der Waals surface area contributed by atoms with Crippen molar-refractivity contribution in [2.45, 2.75) is 0 Å². The first-order valence-corrected chi connectivity index (χ1v) is 0.644. The summed E-state index contributed by atoms with van der Waals surface area (Å²) in [6.45, 7) is 2.81. The molecule has 0 atom stereocenters. The summed E-state index contributed by atoms with van der Waals surface area (Å²) in [5, 5.41) is 0. The molecule has 0 amide bonds. The molecule has 0 aliphatic heterocycles. The van der Waals surface area contributed by atoms with E-state index < -0.39 is 0 Å². The molecule has 1 nitrogen and oxygen atoms in total. The normalized spacial score (nSPS) is 2.40. The summed E-state index contributed by atoms with van der Waals surface area (Å²) in [4.78, 5) is 8.69. The second-order valence-electron chi connectivity index (χ2n) is 0.167. The van der Waals surface area contributed by atoms with Gasteiger partial charge in [-0.3, -0.25) is 0 Å². The quantitative estimate of drug-likeness (QED) is 0.326. The standard InChI is InChI=1S/C2H3O.CH3.V/c1-2-3;;/h2H,1H2;1H3;/q2*-1;+2. The summed E-state index contributed by atoms with van der Waals surface area (Å²) in [6.07, 6.45) is 0.500. The van der Waals surface area contributed by atoms with Crippen LogP contribution < -0.4 is 0 Å². The van der Waals surface area contributed by atoms with Crippen molar-refractivity contribution in [3.8, 4) is 0 Å². The molecule has 5 heavy (non-hydrogen) atoms. The molecule has 0 N–H and O–H groups in total. The third-order valence-corrected chi connectivity index (χ3v) is 0. The molecule has 0 aliphatic carbocycles. The van der Waals surface area contributed by atoms with Crippen molar-refractivity contribution >= 4 is 6.29 Å². The molecule has 0 aromatic carbocycles. The van der Waals surface area contributed by atoms with Gasteiger partial charge < -0.3 is 19.1 Å². The van der Waals surface area contributed by atoms with Gasteiger partial charge >= 0.3 is 18.6 Å². The Labute approximate surface area is 44.6 Å². The van der Waals surface area contributed by atoms with Crippen molar-refractivity contribution < 1.29 is 23.4 Å². The van der Waals surface area contributed by atoms with E-state index in [1.807, 2.05) is 0 Å². The zero-order valence-electron chi connectivity index (χ0n) is 3.14. The average Bonchev–Trinajstić information content (AvgIpc) is 0.918. The minimum atomic E-state index is 0. The van der Waals surface area contributed by atoms with Gasteiger partial charge in [-0.05, 0) is 6.29 Å². The summed E-state index contributed by atoms with van der Waals surface area (Å²) < 4.78 is 0. The zero-order chi connectivity index (χ0) is 2.71. The topological polar surface area (TPSA) is 17.1 Å². The molecule has 0 rings (SSSR count). The largest absolute Gasteiger partial charge is 2.00 e. The van der Waals surface area contributed by atoms with Gasteiger partial charge in [-0.2, -0.15) is 0 Å². The molecule has 0 saturated heterocycles. The van der Waals surface area contributed by atoms with Crippen LogP contribution in [-0.2, 0) is 23.4 Å². The maximum atomic E-state index is 8.69. The zero-order valence-corrected chi connectivity index (χ0v) is 4.54. The van der Waals surface area contributed by atoms with Crippen molar-refractivity contribution in [2.75, 3.05) is 0 Å². The molecule has 0 aliphatic rings. The van der Waals surface area contributed by atoms with Crippen LogP contribution in [0.2, 0.25) is 0 Å². The maximum absolute atomic E-state index is 8.69. The van der Waals surface area contributed by atoms with Crippen LogP contribution in [0.4, 0.5) is 0 Å². The first kappa shape index (κ1) is 19.3. The van der Waals surface area contributed by atoms with Crippen LogP contribution in [0.25, 0.3) is 0 Å². The Morgan fingerprint density at radius 1 is 1.60 bits per heavy atom. The monoisotopic (exact) mass is 109 g/mol. The summed E-state index contributed by atoms with van der Waals surface area (Å²) in [5.41, 5.74) is 0.